The first-order valence-electron chi connectivity index (χ1n) is 8.20. The molecule has 0 bridgehead atoms. The molecule has 0 aliphatic heterocycles. The Hall–Kier alpha value is -3.29. The molecule has 0 atom stereocenters. The van der Waals surface area contributed by atoms with Crippen LogP contribution in [-0.2, 0) is 13.0 Å². The molecule has 0 radical (unpaired) electrons. The highest BCUT2D eigenvalue weighted by Crippen LogP contribution is 2.19. The monoisotopic (exact) mass is 355 g/mol. The van der Waals surface area contributed by atoms with Crippen LogP contribution in [-0.4, -0.2) is 51.9 Å². The Kier molecular flexibility index (Phi) is 5.52. The Morgan fingerprint density at radius 1 is 1.27 bits per heavy atom. The summed E-state index contributed by atoms with van der Waals surface area (Å²) < 4.78 is 10.9. The molecule has 3 aromatic rings. The average Bonchev–Trinajstić information content (AvgIpc) is 3.36. The smallest absolute Gasteiger partial charge is 0.274 e. The molecule has 1 aromatic carbocycles. The highest BCUT2D eigenvalue weighted by molar-refractivity contribution is 5.92. The number of aromatic nitrogens is 4. The fourth-order valence-corrected chi connectivity index (χ4v) is 2.41. The Balaban J connectivity index is 1.53. The Morgan fingerprint density at radius 2 is 2.12 bits per heavy atom. The highest BCUT2D eigenvalue weighted by atomic mass is 16.5. The number of methoxy groups -OCH3 is 1. The van der Waals surface area contributed by atoms with Gasteiger partial charge in [-0.05, 0) is 30.2 Å². The number of hydrogen-bond donors (Lipinski definition) is 2. The Labute approximate surface area is 151 Å². The summed E-state index contributed by atoms with van der Waals surface area (Å²) in [5.41, 5.74) is 2.14. The van der Waals surface area contributed by atoms with Gasteiger partial charge in [0.1, 0.15) is 18.1 Å². The van der Waals surface area contributed by atoms with Crippen LogP contribution in [0.3, 0.4) is 0 Å². The van der Waals surface area contributed by atoms with Crippen LogP contribution in [0.15, 0.2) is 42.7 Å². The largest absolute Gasteiger partial charge is 0.497 e. The maximum absolute atomic E-state index is 12.4. The van der Waals surface area contributed by atoms with E-state index >= 15 is 0 Å². The van der Waals surface area contributed by atoms with Gasteiger partial charge in [-0.1, -0.05) is 6.07 Å². The number of carbonyl (C=O) groups excluding carboxylic acids is 1. The minimum Gasteiger partial charge on any atom is -0.497 e. The molecule has 2 aromatic heterocycles. The third-order valence-corrected chi connectivity index (χ3v) is 3.92. The molecule has 0 aliphatic rings. The molecular formula is C18H21N5O3. The van der Waals surface area contributed by atoms with Gasteiger partial charge in [-0.3, -0.25) is 15.0 Å². The van der Waals surface area contributed by atoms with Crippen molar-refractivity contribution < 1.29 is 14.3 Å². The van der Waals surface area contributed by atoms with Gasteiger partial charge in [-0.25, -0.2) is 0 Å². The number of nitrogens with zero attached hydrogens (tertiary/aromatic N) is 3. The second-order valence-corrected chi connectivity index (χ2v) is 5.83. The van der Waals surface area contributed by atoms with Gasteiger partial charge in [-0.15, -0.1) is 0 Å². The quantitative estimate of drug-likeness (QED) is 0.644. The zero-order valence-electron chi connectivity index (χ0n) is 14.7. The van der Waals surface area contributed by atoms with E-state index in [0.717, 1.165) is 23.4 Å². The van der Waals surface area contributed by atoms with Crippen LogP contribution in [0.2, 0.25) is 0 Å². The molecule has 0 fully saturated rings. The summed E-state index contributed by atoms with van der Waals surface area (Å²) in [5, 5.41) is 13.6. The maximum Gasteiger partial charge on any atom is 0.274 e. The molecular weight excluding hydrogens is 334 g/mol. The second kappa shape index (κ2) is 8.19. The van der Waals surface area contributed by atoms with E-state index < -0.39 is 0 Å². The van der Waals surface area contributed by atoms with Crippen LogP contribution in [0.5, 0.6) is 11.5 Å². The minimum absolute atomic E-state index is 0.141. The molecule has 0 spiro atoms. The van der Waals surface area contributed by atoms with E-state index in [0.29, 0.717) is 18.0 Å². The van der Waals surface area contributed by atoms with Crippen molar-refractivity contribution in [3.8, 4) is 11.5 Å². The number of benzene rings is 1. The van der Waals surface area contributed by atoms with Crippen molar-refractivity contribution in [3.05, 3.63) is 59.7 Å². The number of carbonyl (C=O) groups is 1. The molecule has 26 heavy (non-hydrogen) atoms. The number of amides is 1. The summed E-state index contributed by atoms with van der Waals surface area (Å²) in [6.07, 6.45) is 4.30. The SMILES string of the molecule is COc1cccc(OCc2cc(C(=O)N(C)CCc3cn[nH]c3)n[nH]2)c1. The summed E-state index contributed by atoms with van der Waals surface area (Å²) in [6, 6.07) is 9.04. The van der Waals surface area contributed by atoms with E-state index in [1.807, 2.05) is 24.4 Å². The molecule has 2 heterocycles. The first-order valence-corrected chi connectivity index (χ1v) is 8.20. The van der Waals surface area contributed by atoms with Crippen molar-refractivity contribution in [2.24, 2.45) is 0 Å². The van der Waals surface area contributed by atoms with Crippen LogP contribution in [0.25, 0.3) is 0 Å². The number of likely N-dealkylation sites (N-methyl/N-ethyl adjacent to an activating group) is 1. The van der Waals surface area contributed by atoms with Gasteiger partial charge < -0.3 is 14.4 Å². The Bertz CT molecular complexity index is 844. The lowest BCUT2D eigenvalue weighted by atomic mass is 10.2. The lowest BCUT2D eigenvalue weighted by Gasteiger charge is -2.14. The molecule has 136 valence electrons. The van der Waals surface area contributed by atoms with E-state index in [1.165, 1.54) is 0 Å². The first-order chi connectivity index (χ1) is 12.7. The first kappa shape index (κ1) is 17.5. The summed E-state index contributed by atoms with van der Waals surface area (Å²) in [7, 11) is 3.36. The molecule has 8 nitrogen and oxygen atoms in total. The predicted molar refractivity (Wildman–Crippen MR) is 95.2 cm³/mol. The fourth-order valence-electron chi connectivity index (χ4n) is 2.41. The molecule has 0 unspecified atom stereocenters. The molecule has 0 saturated carbocycles. The number of H-pyrrole nitrogens is 2. The van der Waals surface area contributed by atoms with E-state index in [9.17, 15) is 4.79 Å². The summed E-state index contributed by atoms with van der Waals surface area (Å²) >= 11 is 0. The van der Waals surface area contributed by atoms with Crippen molar-refractivity contribution in [1.82, 2.24) is 25.3 Å². The molecule has 2 N–H and O–H groups in total. The second-order valence-electron chi connectivity index (χ2n) is 5.83. The number of rotatable bonds is 8. The summed E-state index contributed by atoms with van der Waals surface area (Å²) in [4.78, 5) is 14.1. The molecule has 3 rings (SSSR count). The van der Waals surface area contributed by atoms with Crippen molar-refractivity contribution in [3.63, 3.8) is 0 Å². The highest BCUT2D eigenvalue weighted by Gasteiger charge is 2.15. The van der Waals surface area contributed by atoms with Crippen LogP contribution in [0.4, 0.5) is 0 Å². The van der Waals surface area contributed by atoms with E-state index in [-0.39, 0.29) is 12.5 Å². The maximum atomic E-state index is 12.4. The number of aromatic amines is 2. The third kappa shape index (κ3) is 4.41. The number of nitrogens with one attached hydrogen (secondary N) is 2. The van der Waals surface area contributed by atoms with Crippen LogP contribution >= 0.6 is 0 Å². The Morgan fingerprint density at radius 3 is 2.88 bits per heavy atom. The standard InChI is InChI=1S/C18H21N5O3/c1-23(7-6-13-10-19-20-11-13)18(24)17-8-14(21-22-17)12-26-16-5-3-4-15(9-16)25-2/h3-5,8-11H,6-7,12H2,1-2H3,(H,19,20)(H,21,22). The summed E-state index contributed by atoms with van der Waals surface area (Å²) in [6.45, 7) is 0.868. The zero-order chi connectivity index (χ0) is 18.4. The normalized spacial score (nSPS) is 10.5. The van der Waals surface area contributed by atoms with Crippen molar-refractivity contribution >= 4 is 5.91 Å². The van der Waals surface area contributed by atoms with Gasteiger partial charge in [-0.2, -0.15) is 10.2 Å². The van der Waals surface area contributed by atoms with Crippen molar-refractivity contribution in [2.75, 3.05) is 20.7 Å². The van der Waals surface area contributed by atoms with Gasteiger partial charge in [0.25, 0.3) is 5.91 Å². The van der Waals surface area contributed by atoms with Gasteiger partial charge in [0.15, 0.2) is 5.69 Å². The van der Waals surface area contributed by atoms with Crippen molar-refractivity contribution in [2.45, 2.75) is 13.0 Å². The zero-order valence-corrected chi connectivity index (χ0v) is 14.7. The minimum atomic E-state index is -0.141. The van der Waals surface area contributed by atoms with Gasteiger partial charge >= 0.3 is 0 Å². The third-order valence-electron chi connectivity index (χ3n) is 3.92. The van der Waals surface area contributed by atoms with E-state index in [2.05, 4.69) is 20.4 Å². The lowest BCUT2D eigenvalue weighted by Crippen LogP contribution is -2.29. The van der Waals surface area contributed by atoms with Gasteiger partial charge in [0, 0.05) is 25.9 Å². The number of hydrogen-bond acceptors (Lipinski definition) is 5. The van der Waals surface area contributed by atoms with Crippen LogP contribution in [0, 0.1) is 0 Å². The van der Waals surface area contributed by atoms with Crippen LogP contribution in [0.1, 0.15) is 21.7 Å². The molecule has 0 saturated heterocycles. The van der Waals surface area contributed by atoms with Crippen LogP contribution < -0.4 is 9.47 Å². The average molecular weight is 355 g/mol. The van der Waals surface area contributed by atoms with Gasteiger partial charge in [0.05, 0.1) is 19.0 Å². The van der Waals surface area contributed by atoms with Crippen molar-refractivity contribution in [1.29, 1.82) is 0 Å². The molecule has 0 aliphatic carbocycles. The van der Waals surface area contributed by atoms with E-state index in [1.54, 1.807) is 37.4 Å². The lowest BCUT2D eigenvalue weighted by molar-refractivity contribution is 0.0791. The number of ether oxygens (including phenoxy) is 2. The topological polar surface area (TPSA) is 96.1 Å². The van der Waals surface area contributed by atoms with Gasteiger partial charge in [0.2, 0.25) is 0 Å². The molecule has 1 amide bonds. The predicted octanol–water partition coefficient (Wildman–Crippen LogP) is 2.04. The fraction of sp³-hybridized carbons (Fsp3) is 0.278. The summed E-state index contributed by atoms with van der Waals surface area (Å²) in [5.74, 6) is 1.27. The molecule has 8 heteroatoms. The van der Waals surface area contributed by atoms with E-state index in [4.69, 9.17) is 9.47 Å².